The van der Waals surface area contributed by atoms with Crippen LogP contribution in [-0.2, 0) is 28.7 Å². The van der Waals surface area contributed by atoms with E-state index in [9.17, 15) is 23.6 Å². The van der Waals surface area contributed by atoms with Crippen molar-refractivity contribution in [1.82, 2.24) is 20.4 Å². The topological polar surface area (TPSA) is 141 Å². The molecule has 0 spiro atoms. The molecule has 4 bridgehead atoms. The molecule has 2 atom stereocenters. The summed E-state index contributed by atoms with van der Waals surface area (Å²) in [6, 6.07) is 1.38. The minimum absolute atomic E-state index is 0.0135. The molecule has 0 aromatic carbocycles. The summed E-state index contributed by atoms with van der Waals surface area (Å²) in [7, 11) is 1.49. The normalized spacial score (nSPS) is 35.9. The Kier molecular flexibility index (Phi) is 12.0. The fourth-order valence-corrected chi connectivity index (χ4v) is 10.3. The maximum atomic E-state index is 13.6. The van der Waals surface area contributed by atoms with Gasteiger partial charge in [-0.1, -0.05) is 19.3 Å². The van der Waals surface area contributed by atoms with Gasteiger partial charge in [-0.3, -0.25) is 19.2 Å². The van der Waals surface area contributed by atoms with Crippen molar-refractivity contribution in [2.24, 2.45) is 16.7 Å². The average molecular weight is 714 g/mol. The second-order valence-electron chi connectivity index (χ2n) is 17.0. The summed E-state index contributed by atoms with van der Waals surface area (Å²) in [4.78, 5) is 52.9. The van der Waals surface area contributed by atoms with Gasteiger partial charge in [0.25, 0.3) is 0 Å². The lowest BCUT2D eigenvalue weighted by Gasteiger charge is -2.52. The van der Waals surface area contributed by atoms with Gasteiger partial charge in [-0.25, -0.2) is 4.39 Å². The number of nitrogens with zero attached hydrogens (tertiary/aromatic N) is 3. The van der Waals surface area contributed by atoms with Crippen LogP contribution in [0, 0.1) is 28.1 Å². The van der Waals surface area contributed by atoms with Crippen LogP contribution in [0.4, 0.5) is 4.39 Å². The first-order valence-electron chi connectivity index (χ1n) is 19.9. The zero-order chi connectivity index (χ0) is 36.1. The molecule has 2 heterocycles. The number of hydrogen-bond donors (Lipinski definition) is 2. The lowest BCUT2D eigenvalue weighted by atomic mass is 9.57. The van der Waals surface area contributed by atoms with E-state index in [0.717, 1.165) is 103 Å². The van der Waals surface area contributed by atoms with Crippen LogP contribution in [-0.4, -0.2) is 103 Å². The molecule has 0 aromatic heterocycles. The Bertz CT molecular complexity index is 1270. The Morgan fingerprint density at radius 1 is 0.745 bits per heavy atom. The van der Waals surface area contributed by atoms with E-state index in [1.807, 2.05) is 11.0 Å². The molecule has 0 radical (unpaired) electrons. The van der Waals surface area contributed by atoms with E-state index in [4.69, 9.17) is 14.7 Å². The molecule has 9 fully saturated rings. The summed E-state index contributed by atoms with van der Waals surface area (Å²) in [6.07, 6.45) is 18.0. The standard InChI is InChI=1S/C23H34FN3O3.C16H26N2O3/c24-18-12-19(13-25)27(15-18)20(28)14-26-23-9-6-22(7-10-23,8-11-23)21(29)30-16-17-4-2-1-3-5-17;1-21-14(20)15-4-7-16(8-5-15,9-6-15)17-12-13(19)18-10-2-3-11-18/h17-19,26H,1-12,14-16H2;17H,2-12H2,1H3. The molecule has 2 N–H and O–H groups in total. The van der Waals surface area contributed by atoms with Crippen LogP contribution in [0.1, 0.15) is 128 Å². The van der Waals surface area contributed by atoms with Crippen molar-refractivity contribution >= 4 is 23.8 Å². The average Bonchev–Trinajstić information content (AvgIpc) is 3.87. The Labute approximate surface area is 303 Å². The van der Waals surface area contributed by atoms with Crippen molar-refractivity contribution in [3.8, 4) is 6.07 Å². The Morgan fingerprint density at radius 3 is 1.76 bits per heavy atom. The predicted octanol–water partition coefficient (Wildman–Crippen LogP) is 4.72. The summed E-state index contributed by atoms with van der Waals surface area (Å²) in [5.41, 5.74) is -0.634. The number of methoxy groups -OCH3 is 1. The molecule has 0 aromatic rings. The van der Waals surface area contributed by atoms with Crippen LogP contribution in [0.3, 0.4) is 0 Å². The fraction of sp³-hybridized carbons (Fsp3) is 0.872. The first kappa shape index (κ1) is 38.0. The highest BCUT2D eigenvalue weighted by Crippen LogP contribution is 2.54. The number of hydrogen-bond acceptors (Lipinski definition) is 9. The van der Waals surface area contributed by atoms with Crippen molar-refractivity contribution < 1.29 is 33.0 Å². The Balaban J connectivity index is 0.000000187. The minimum Gasteiger partial charge on any atom is -0.469 e. The summed E-state index contributed by atoms with van der Waals surface area (Å²) < 4.78 is 24.4. The molecular formula is C39H60FN5O6. The van der Waals surface area contributed by atoms with Crippen LogP contribution in [0.15, 0.2) is 0 Å². The van der Waals surface area contributed by atoms with E-state index in [0.29, 0.717) is 19.1 Å². The lowest BCUT2D eigenvalue weighted by molar-refractivity contribution is -0.166. The van der Waals surface area contributed by atoms with E-state index >= 15 is 0 Å². The van der Waals surface area contributed by atoms with E-state index in [1.54, 1.807) is 0 Å². The highest BCUT2D eigenvalue weighted by Gasteiger charge is 2.54. The number of nitrogens with one attached hydrogen (secondary N) is 2. The molecule has 2 unspecified atom stereocenters. The third-order valence-electron chi connectivity index (χ3n) is 14.1. The smallest absolute Gasteiger partial charge is 0.312 e. The number of carbonyl (C=O) groups excluding carboxylic acids is 4. The second-order valence-corrected chi connectivity index (χ2v) is 17.0. The van der Waals surface area contributed by atoms with Gasteiger partial charge in [0.05, 0.1) is 50.3 Å². The predicted molar refractivity (Wildman–Crippen MR) is 188 cm³/mol. The SMILES string of the molecule is COC(=O)C12CCC(NCC(=O)N3CCCC3)(CC1)CC2.N#CC1CC(F)CN1C(=O)CNC12CCC(C(=O)OCC3CCCCC3)(CC1)CC2. The molecule has 11 nitrogen and oxygen atoms in total. The van der Waals surface area contributed by atoms with Crippen LogP contribution < -0.4 is 10.6 Å². The number of amides is 2. The number of fused-ring (bicyclic) bond motifs is 6. The molecule has 9 rings (SSSR count). The molecule has 51 heavy (non-hydrogen) atoms. The number of likely N-dealkylation sites (tertiary alicyclic amines) is 2. The number of alkyl halides is 1. The van der Waals surface area contributed by atoms with Gasteiger partial charge < -0.3 is 29.9 Å². The summed E-state index contributed by atoms with van der Waals surface area (Å²) in [6.45, 7) is 3.00. The maximum Gasteiger partial charge on any atom is 0.312 e. The van der Waals surface area contributed by atoms with Crippen LogP contribution >= 0.6 is 0 Å². The van der Waals surface area contributed by atoms with Gasteiger partial charge in [-0.05, 0) is 109 Å². The maximum absolute atomic E-state index is 13.6. The largest absolute Gasteiger partial charge is 0.469 e. The van der Waals surface area contributed by atoms with Gasteiger partial charge in [0.1, 0.15) is 12.2 Å². The van der Waals surface area contributed by atoms with Crippen molar-refractivity contribution in [2.45, 2.75) is 152 Å². The van der Waals surface area contributed by atoms with Crippen LogP contribution in [0.5, 0.6) is 0 Å². The second kappa shape index (κ2) is 16.1. The van der Waals surface area contributed by atoms with Crippen molar-refractivity contribution in [3.63, 3.8) is 0 Å². The Morgan fingerprint density at radius 2 is 1.25 bits per heavy atom. The number of ether oxygens (including phenoxy) is 2. The molecule has 7 saturated carbocycles. The number of esters is 2. The number of halogens is 1. The highest BCUT2D eigenvalue weighted by molar-refractivity contribution is 5.80. The van der Waals surface area contributed by atoms with Gasteiger partial charge in [0.15, 0.2) is 0 Å². The first-order valence-corrected chi connectivity index (χ1v) is 19.9. The molecule has 7 aliphatic carbocycles. The molecule has 12 heteroatoms. The quantitative estimate of drug-likeness (QED) is 0.308. The van der Waals surface area contributed by atoms with Crippen molar-refractivity contribution in [3.05, 3.63) is 0 Å². The molecule has 2 amide bonds. The van der Waals surface area contributed by atoms with E-state index in [-0.39, 0.29) is 65.2 Å². The van der Waals surface area contributed by atoms with Crippen molar-refractivity contribution in [2.75, 3.05) is 46.4 Å². The van der Waals surface area contributed by atoms with Gasteiger partial charge >= 0.3 is 11.9 Å². The molecule has 2 aliphatic heterocycles. The third kappa shape index (κ3) is 8.40. The van der Waals surface area contributed by atoms with Crippen LogP contribution in [0.25, 0.3) is 0 Å². The number of carbonyl (C=O) groups is 4. The zero-order valence-electron chi connectivity index (χ0n) is 30.8. The molecule has 2 saturated heterocycles. The molecule has 9 aliphatic rings. The Hall–Kier alpha value is -2.78. The monoisotopic (exact) mass is 713 g/mol. The van der Waals surface area contributed by atoms with E-state index in [2.05, 4.69) is 10.6 Å². The number of rotatable bonds is 10. The fourth-order valence-electron chi connectivity index (χ4n) is 10.3. The van der Waals surface area contributed by atoms with Gasteiger partial charge in [-0.15, -0.1) is 0 Å². The minimum atomic E-state index is -1.11. The summed E-state index contributed by atoms with van der Waals surface area (Å²) in [5, 5.41) is 16.1. The third-order valence-corrected chi connectivity index (χ3v) is 14.1. The van der Waals surface area contributed by atoms with E-state index in [1.165, 1.54) is 44.1 Å². The highest BCUT2D eigenvalue weighted by atomic mass is 19.1. The van der Waals surface area contributed by atoms with Crippen molar-refractivity contribution in [1.29, 1.82) is 5.26 Å². The van der Waals surface area contributed by atoms with Gasteiger partial charge in [-0.2, -0.15) is 5.26 Å². The lowest BCUT2D eigenvalue weighted by Crippen LogP contribution is -2.59. The zero-order valence-corrected chi connectivity index (χ0v) is 30.8. The summed E-state index contributed by atoms with van der Waals surface area (Å²) in [5.74, 6) is 0.511. The van der Waals surface area contributed by atoms with Crippen LogP contribution in [0.2, 0.25) is 0 Å². The molecular weight excluding hydrogens is 653 g/mol. The van der Waals surface area contributed by atoms with Gasteiger partial charge in [0.2, 0.25) is 11.8 Å². The first-order chi connectivity index (χ1) is 24.5. The number of nitriles is 1. The summed E-state index contributed by atoms with van der Waals surface area (Å²) >= 11 is 0. The van der Waals surface area contributed by atoms with E-state index < -0.39 is 12.2 Å². The molecule has 284 valence electrons. The van der Waals surface area contributed by atoms with Gasteiger partial charge in [0, 0.05) is 30.6 Å².